The minimum Gasteiger partial charge on any atom is -0.461 e. The van der Waals surface area contributed by atoms with Crippen molar-refractivity contribution in [1.29, 1.82) is 0 Å². The summed E-state index contributed by atoms with van der Waals surface area (Å²) in [5, 5.41) is 1.59. The van der Waals surface area contributed by atoms with Gasteiger partial charge < -0.3 is 19.5 Å². The summed E-state index contributed by atoms with van der Waals surface area (Å²) >= 11 is 0. The molecule has 6 aromatic rings. The third-order valence-corrected chi connectivity index (χ3v) is 10.3. The Labute approximate surface area is 285 Å². The number of H-pyrrole nitrogens is 1. The molecule has 0 aliphatic rings. The summed E-state index contributed by atoms with van der Waals surface area (Å²) in [6.07, 6.45) is 1.80. The second kappa shape index (κ2) is 14.2. The monoisotopic (exact) mass is 679 g/mol. The van der Waals surface area contributed by atoms with Crippen molar-refractivity contribution in [3.8, 4) is 22.3 Å². The smallest absolute Gasteiger partial charge is 0.338 e. The van der Waals surface area contributed by atoms with Gasteiger partial charge in [-0.2, -0.15) is 0 Å². The molecule has 0 aliphatic heterocycles. The fraction of sp³-hybridized carbons (Fsp3) is 0.211. The summed E-state index contributed by atoms with van der Waals surface area (Å²) < 4.78 is 47.6. The third kappa shape index (κ3) is 7.19. The topological polar surface area (TPSA) is 98.8 Å². The van der Waals surface area contributed by atoms with Crippen molar-refractivity contribution in [3.05, 3.63) is 115 Å². The molecule has 9 nitrogen and oxygen atoms in total. The van der Waals surface area contributed by atoms with Crippen LogP contribution in [0.5, 0.6) is 0 Å². The number of rotatable bonds is 12. The number of benzene rings is 4. The molecule has 1 N–H and O–H groups in total. The zero-order valence-electron chi connectivity index (χ0n) is 27.9. The molecular formula is C38H38FN5O4S. The van der Waals surface area contributed by atoms with Crippen LogP contribution < -0.4 is 4.31 Å². The molecule has 2 aromatic heterocycles. The Bertz CT molecular complexity index is 2220. The highest BCUT2D eigenvalue weighted by Gasteiger charge is 2.24. The van der Waals surface area contributed by atoms with Crippen molar-refractivity contribution < 1.29 is 22.3 Å². The molecule has 49 heavy (non-hydrogen) atoms. The Morgan fingerprint density at radius 3 is 2.31 bits per heavy atom. The normalized spacial score (nSPS) is 11.9. The van der Waals surface area contributed by atoms with Crippen molar-refractivity contribution in [2.45, 2.75) is 4.90 Å². The Morgan fingerprint density at radius 2 is 1.59 bits per heavy atom. The number of likely N-dealkylation sites (N-methyl/N-ethyl adjacent to an activating group) is 2. The first-order chi connectivity index (χ1) is 23.5. The highest BCUT2D eigenvalue weighted by Crippen LogP contribution is 2.41. The van der Waals surface area contributed by atoms with Crippen LogP contribution in [0.15, 0.2) is 108 Å². The highest BCUT2D eigenvalue weighted by molar-refractivity contribution is 7.92. The summed E-state index contributed by atoms with van der Waals surface area (Å²) in [5.74, 6) is -1.01. The molecule has 0 saturated carbocycles. The number of nitrogens with one attached hydrogen (secondary N) is 1. The maximum absolute atomic E-state index is 13.9. The van der Waals surface area contributed by atoms with Gasteiger partial charge in [-0.25, -0.2) is 22.6 Å². The van der Waals surface area contributed by atoms with Gasteiger partial charge in [-0.3, -0.25) is 4.31 Å². The van der Waals surface area contributed by atoms with E-state index in [9.17, 15) is 17.6 Å². The van der Waals surface area contributed by atoms with Crippen molar-refractivity contribution in [2.75, 3.05) is 58.7 Å². The molecule has 0 spiro atoms. The lowest BCUT2D eigenvalue weighted by atomic mass is 9.92. The van der Waals surface area contributed by atoms with Gasteiger partial charge in [0.05, 0.1) is 16.1 Å². The van der Waals surface area contributed by atoms with Gasteiger partial charge in [0.2, 0.25) is 0 Å². The van der Waals surface area contributed by atoms with Crippen LogP contribution in [0.2, 0.25) is 0 Å². The number of esters is 1. The number of aromatic amines is 1. The summed E-state index contributed by atoms with van der Waals surface area (Å²) in [4.78, 5) is 25.1. The average molecular weight is 680 g/mol. The second-order valence-corrected chi connectivity index (χ2v) is 14.2. The number of aromatic nitrogens is 2. The Balaban J connectivity index is 1.36. The van der Waals surface area contributed by atoms with Gasteiger partial charge in [-0.1, -0.05) is 48.5 Å². The van der Waals surface area contributed by atoms with Gasteiger partial charge in [0.1, 0.15) is 18.1 Å². The minimum absolute atomic E-state index is 0.136. The van der Waals surface area contributed by atoms with Crippen LogP contribution in [-0.4, -0.2) is 88.6 Å². The van der Waals surface area contributed by atoms with Gasteiger partial charge in [0.25, 0.3) is 10.0 Å². The zero-order chi connectivity index (χ0) is 34.7. The molecule has 0 atom stereocenters. The Morgan fingerprint density at radius 1 is 0.837 bits per heavy atom. The van der Waals surface area contributed by atoms with E-state index in [1.807, 2.05) is 69.7 Å². The van der Waals surface area contributed by atoms with Crippen LogP contribution in [-0.2, 0) is 14.8 Å². The summed E-state index contributed by atoms with van der Waals surface area (Å²) in [6, 6.07) is 27.5. The summed E-state index contributed by atoms with van der Waals surface area (Å²) in [5.41, 5.74) is 5.82. The number of carbonyl (C=O) groups excluding carboxylic acids is 1. The maximum atomic E-state index is 13.9. The highest BCUT2D eigenvalue weighted by atomic mass is 32.2. The lowest BCUT2D eigenvalue weighted by Gasteiger charge is -2.20. The van der Waals surface area contributed by atoms with E-state index in [4.69, 9.17) is 9.72 Å². The molecule has 252 valence electrons. The third-order valence-electron chi connectivity index (χ3n) is 8.55. The number of anilines is 1. The van der Waals surface area contributed by atoms with E-state index in [-0.39, 0.29) is 10.9 Å². The first kappa shape index (κ1) is 33.8. The van der Waals surface area contributed by atoms with Gasteiger partial charge in [-0.15, -0.1) is 0 Å². The number of pyridine rings is 1. The van der Waals surface area contributed by atoms with Crippen LogP contribution >= 0.6 is 0 Å². The van der Waals surface area contributed by atoms with Crippen LogP contribution in [0.1, 0.15) is 10.4 Å². The van der Waals surface area contributed by atoms with Crippen molar-refractivity contribution in [1.82, 2.24) is 19.8 Å². The van der Waals surface area contributed by atoms with E-state index in [2.05, 4.69) is 14.8 Å². The van der Waals surface area contributed by atoms with Crippen LogP contribution in [0, 0.1) is 5.82 Å². The van der Waals surface area contributed by atoms with Gasteiger partial charge in [0.15, 0.2) is 0 Å². The lowest BCUT2D eigenvalue weighted by molar-refractivity contribution is 0.0471. The number of halogens is 1. The fourth-order valence-corrected chi connectivity index (χ4v) is 6.95. The fourth-order valence-electron chi connectivity index (χ4n) is 5.73. The van der Waals surface area contributed by atoms with Crippen molar-refractivity contribution in [3.63, 3.8) is 0 Å². The standard InChI is InChI=1S/C38H38FN5O4S/c1-42(2)19-20-43(3)21-22-48-38(45)28-15-13-26(14-16-28)33-25-40-37-36(35(33)27-9-6-5-7-10-27)32-24-30(17-18-34(32)41-37)44(4)49(46,47)31-12-8-11-29(39)23-31/h5-18,23-25H,19-22H2,1-4H3,(H,40,41). The van der Waals surface area contributed by atoms with Crippen molar-refractivity contribution >= 4 is 43.6 Å². The first-order valence-electron chi connectivity index (χ1n) is 15.9. The molecule has 0 fully saturated rings. The molecule has 0 saturated heterocycles. The summed E-state index contributed by atoms with van der Waals surface area (Å²) in [7, 11) is 3.47. The first-order valence-corrected chi connectivity index (χ1v) is 17.3. The number of fused-ring (bicyclic) bond motifs is 3. The number of nitrogens with zero attached hydrogens (tertiary/aromatic N) is 4. The van der Waals surface area contributed by atoms with Crippen LogP contribution in [0.3, 0.4) is 0 Å². The van der Waals surface area contributed by atoms with Crippen molar-refractivity contribution in [2.24, 2.45) is 0 Å². The number of ether oxygens (including phenoxy) is 1. The molecule has 0 bridgehead atoms. The Kier molecular flexibility index (Phi) is 9.77. The molecule has 11 heteroatoms. The van der Waals surface area contributed by atoms with E-state index in [0.29, 0.717) is 30.0 Å². The largest absolute Gasteiger partial charge is 0.461 e. The molecule has 0 unspecified atom stereocenters. The minimum atomic E-state index is -4.03. The molecule has 0 amide bonds. The van der Waals surface area contributed by atoms with Gasteiger partial charge in [-0.05, 0) is 80.8 Å². The van der Waals surface area contributed by atoms with E-state index in [1.54, 1.807) is 30.5 Å². The average Bonchev–Trinajstić information content (AvgIpc) is 3.48. The second-order valence-electron chi connectivity index (χ2n) is 12.2. The molecule has 4 aromatic carbocycles. The molecule has 0 radical (unpaired) electrons. The number of carbonyl (C=O) groups is 1. The number of hydrogen-bond donors (Lipinski definition) is 1. The number of sulfonamides is 1. The van der Waals surface area contributed by atoms with Gasteiger partial charge in [0, 0.05) is 60.3 Å². The zero-order valence-corrected chi connectivity index (χ0v) is 28.7. The lowest BCUT2D eigenvalue weighted by Crippen LogP contribution is -2.31. The molecule has 6 rings (SSSR count). The number of hydrogen-bond acceptors (Lipinski definition) is 7. The van der Waals surface area contributed by atoms with Crippen LogP contribution in [0.4, 0.5) is 10.1 Å². The quantitative estimate of drug-likeness (QED) is 0.144. The van der Waals surface area contributed by atoms with E-state index in [0.717, 1.165) is 62.0 Å². The van der Waals surface area contributed by atoms with Crippen LogP contribution in [0.25, 0.3) is 44.2 Å². The maximum Gasteiger partial charge on any atom is 0.338 e. The van der Waals surface area contributed by atoms with Gasteiger partial charge >= 0.3 is 5.97 Å². The molecular weight excluding hydrogens is 642 g/mol. The predicted octanol–water partition coefficient (Wildman–Crippen LogP) is 6.66. The van der Waals surface area contributed by atoms with E-state index >= 15 is 0 Å². The summed E-state index contributed by atoms with van der Waals surface area (Å²) in [6.45, 7) is 2.74. The Hall–Kier alpha value is -5.10. The molecule has 0 aliphatic carbocycles. The SMILES string of the molecule is CN(C)CCN(C)CCOC(=O)c1ccc(-c2cnc3[nH]c4ccc(N(C)S(=O)(=O)c5cccc(F)c5)cc4c3c2-c2ccccc2)cc1. The van der Waals surface area contributed by atoms with E-state index < -0.39 is 15.8 Å². The molecule has 2 heterocycles. The van der Waals surface area contributed by atoms with E-state index in [1.165, 1.54) is 25.2 Å². The predicted molar refractivity (Wildman–Crippen MR) is 193 cm³/mol.